The number of amides is 1. The summed E-state index contributed by atoms with van der Waals surface area (Å²) in [7, 11) is 0. The molecule has 0 bridgehead atoms. The minimum atomic E-state index is -0.393. The SMILES string of the molecule is CC1=C(C(=O)Nc2ccccc2)[C@@H](c2ccc(C)cc2)n2nc(SCc3ccccc3C)nc2N1. The first kappa shape index (κ1) is 22.9. The number of rotatable bonds is 6. The summed E-state index contributed by atoms with van der Waals surface area (Å²) in [6.45, 7) is 6.08. The number of allylic oxidation sites excluding steroid dienone is 1. The van der Waals surface area contributed by atoms with Crippen molar-refractivity contribution in [2.45, 2.75) is 37.7 Å². The molecule has 3 aromatic carbocycles. The smallest absolute Gasteiger partial charge is 0.255 e. The van der Waals surface area contributed by atoms with Crippen molar-refractivity contribution in [1.82, 2.24) is 14.8 Å². The van der Waals surface area contributed by atoms with Crippen molar-refractivity contribution < 1.29 is 4.79 Å². The average Bonchev–Trinajstić information content (AvgIpc) is 3.26. The van der Waals surface area contributed by atoms with Gasteiger partial charge < -0.3 is 10.6 Å². The van der Waals surface area contributed by atoms with Crippen LogP contribution in [-0.4, -0.2) is 20.7 Å². The number of para-hydroxylation sites is 1. The number of aromatic nitrogens is 3. The molecule has 1 aliphatic heterocycles. The number of aryl methyl sites for hydroxylation is 2. The van der Waals surface area contributed by atoms with Gasteiger partial charge in [-0.15, -0.1) is 5.10 Å². The second-order valence-electron chi connectivity index (χ2n) is 8.67. The third-order valence-corrected chi connectivity index (χ3v) is 7.01. The zero-order chi connectivity index (χ0) is 24.4. The monoisotopic (exact) mass is 481 g/mol. The lowest BCUT2D eigenvalue weighted by Gasteiger charge is -2.28. The number of carbonyl (C=O) groups excluding carboxylic acids is 1. The average molecular weight is 482 g/mol. The fraction of sp³-hybridized carbons (Fsp3) is 0.179. The van der Waals surface area contributed by atoms with Crippen molar-refractivity contribution in [3.63, 3.8) is 0 Å². The van der Waals surface area contributed by atoms with E-state index in [0.29, 0.717) is 16.7 Å². The van der Waals surface area contributed by atoms with Gasteiger partial charge in [-0.2, -0.15) is 4.98 Å². The van der Waals surface area contributed by atoms with Gasteiger partial charge >= 0.3 is 0 Å². The van der Waals surface area contributed by atoms with E-state index in [9.17, 15) is 4.79 Å². The second kappa shape index (κ2) is 9.80. The Morgan fingerprint density at radius 1 is 0.971 bits per heavy atom. The van der Waals surface area contributed by atoms with Gasteiger partial charge in [0.25, 0.3) is 5.91 Å². The van der Waals surface area contributed by atoms with Crippen LogP contribution >= 0.6 is 11.8 Å². The van der Waals surface area contributed by atoms with E-state index in [1.54, 1.807) is 11.8 Å². The molecule has 4 aromatic rings. The molecule has 0 aliphatic carbocycles. The predicted molar refractivity (Wildman–Crippen MR) is 141 cm³/mol. The number of thioether (sulfide) groups is 1. The van der Waals surface area contributed by atoms with E-state index in [4.69, 9.17) is 10.1 Å². The number of anilines is 2. The van der Waals surface area contributed by atoms with Crippen LogP contribution in [0.4, 0.5) is 11.6 Å². The van der Waals surface area contributed by atoms with Crippen LogP contribution in [0.15, 0.2) is 95.3 Å². The number of carbonyl (C=O) groups is 1. The van der Waals surface area contributed by atoms with Crippen LogP contribution in [0.5, 0.6) is 0 Å². The van der Waals surface area contributed by atoms with Crippen LogP contribution in [0.1, 0.15) is 35.2 Å². The van der Waals surface area contributed by atoms with Gasteiger partial charge in [0, 0.05) is 17.1 Å². The molecule has 1 amide bonds. The molecule has 0 saturated carbocycles. The number of fused-ring (bicyclic) bond motifs is 1. The summed E-state index contributed by atoms with van der Waals surface area (Å²) >= 11 is 1.59. The van der Waals surface area contributed by atoms with Crippen molar-refractivity contribution in [3.05, 3.63) is 112 Å². The van der Waals surface area contributed by atoms with E-state index in [2.05, 4.69) is 66.9 Å². The number of hydrogen-bond donors (Lipinski definition) is 2. The second-order valence-corrected chi connectivity index (χ2v) is 9.62. The largest absolute Gasteiger partial charge is 0.328 e. The fourth-order valence-corrected chi connectivity index (χ4v) is 5.08. The van der Waals surface area contributed by atoms with Crippen molar-refractivity contribution in [2.75, 3.05) is 10.6 Å². The molecule has 0 radical (unpaired) electrons. The van der Waals surface area contributed by atoms with Crippen LogP contribution in [0.2, 0.25) is 0 Å². The first-order valence-electron chi connectivity index (χ1n) is 11.5. The molecule has 1 aliphatic rings. The number of hydrogen-bond acceptors (Lipinski definition) is 5. The van der Waals surface area contributed by atoms with Crippen LogP contribution in [-0.2, 0) is 10.5 Å². The lowest BCUT2D eigenvalue weighted by Crippen LogP contribution is -2.31. The normalized spacial score (nSPS) is 14.9. The molecule has 0 saturated heterocycles. The molecule has 0 fully saturated rings. The first-order valence-corrected chi connectivity index (χ1v) is 12.5. The highest BCUT2D eigenvalue weighted by molar-refractivity contribution is 7.98. The molecule has 5 rings (SSSR count). The summed E-state index contributed by atoms with van der Waals surface area (Å²) in [5, 5.41) is 11.9. The Morgan fingerprint density at radius 3 is 2.43 bits per heavy atom. The van der Waals surface area contributed by atoms with Gasteiger partial charge in [-0.3, -0.25) is 4.79 Å². The summed E-state index contributed by atoms with van der Waals surface area (Å²) in [5.74, 6) is 1.25. The maximum atomic E-state index is 13.5. The zero-order valence-corrected chi connectivity index (χ0v) is 20.8. The summed E-state index contributed by atoms with van der Waals surface area (Å²) in [4.78, 5) is 18.3. The molecule has 35 heavy (non-hydrogen) atoms. The molecule has 2 N–H and O–H groups in total. The van der Waals surface area contributed by atoms with E-state index in [1.807, 2.05) is 48.0 Å². The summed E-state index contributed by atoms with van der Waals surface area (Å²) in [6.07, 6.45) is 0. The maximum Gasteiger partial charge on any atom is 0.255 e. The summed E-state index contributed by atoms with van der Waals surface area (Å²) < 4.78 is 1.83. The number of nitrogens with zero attached hydrogens (tertiary/aromatic N) is 3. The van der Waals surface area contributed by atoms with Gasteiger partial charge in [0.2, 0.25) is 11.1 Å². The van der Waals surface area contributed by atoms with Crippen molar-refractivity contribution in [2.24, 2.45) is 0 Å². The standard InChI is InChI=1S/C28H27N5OS/c1-18-13-15-21(16-14-18)25-24(26(34)30-23-11-5-4-6-12-23)20(3)29-27-31-28(32-33(25)27)35-17-22-10-8-7-9-19(22)2/h4-16,25H,17H2,1-3H3,(H,30,34)(H,29,31,32)/t25-/m1/s1. The third kappa shape index (κ3) is 4.86. The Bertz CT molecular complexity index is 1390. The molecule has 1 aromatic heterocycles. The molecular weight excluding hydrogens is 454 g/mol. The highest BCUT2D eigenvalue weighted by Crippen LogP contribution is 2.37. The number of nitrogens with one attached hydrogen (secondary N) is 2. The molecule has 6 nitrogen and oxygen atoms in total. The fourth-order valence-electron chi connectivity index (χ4n) is 4.18. The zero-order valence-electron chi connectivity index (χ0n) is 19.9. The quantitative estimate of drug-likeness (QED) is 0.325. The predicted octanol–water partition coefficient (Wildman–Crippen LogP) is 6.11. The Balaban J connectivity index is 1.49. The van der Waals surface area contributed by atoms with Crippen molar-refractivity contribution >= 4 is 29.3 Å². The Hall–Kier alpha value is -3.84. The summed E-state index contributed by atoms with van der Waals surface area (Å²) in [5.41, 5.74) is 6.77. The van der Waals surface area contributed by atoms with Gasteiger partial charge in [0.15, 0.2) is 0 Å². The lowest BCUT2D eigenvalue weighted by atomic mass is 9.94. The van der Waals surface area contributed by atoms with E-state index >= 15 is 0 Å². The number of benzene rings is 3. The van der Waals surface area contributed by atoms with Gasteiger partial charge in [-0.25, -0.2) is 4.68 Å². The third-order valence-electron chi connectivity index (χ3n) is 6.12. The van der Waals surface area contributed by atoms with Crippen molar-refractivity contribution in [3.8, 4) is 0 Å². The summed E-state index contributed by atoms with van der Waals surface area (Å²) in [6, 6.07) is 25.7. The maximum absolute atomic E-state index is 13.5. The van der Waals surface area contributed by atoms with Gasteiger partial charge in [-0.05, 0) is 49.6 Å². The Kier molecular flexibility index (Phi) is 6.42. The molecule has 0 unspecified atom stereocenters. The molecule has 7 heteroatoms. The lowest BCUT2D eigenvalue weighted by molar-refractivity contribution is -0.113. The van der Waals surface area contributed by atoms with E-state index in [-0.39, 0.29) is 5.91 Å². The van der Waals surface area contributed by atoms with Gasteiger partial charge in [0.05, 0.1) is 5.57 Å². The van der Waals surface area contributed by atoms with Crippen LogP contribution in [0.3, 0.4) is 0 Å². The van der Waals surface area contributed by atoms with Gasteiger partial charge in [0.1, 0.15) is 6.04 Å². The molecule has 1 atom stereocenters. The van der Waals surface area contributed by atoms with E-state index < -0.39 is 6.04 Å². The molecular formula is C28H27N5OS. The molecule has 0 spiro atoms. The highest BCUT2D eigenvalue weighted by atomic mass is 32.2. The minimum Gasteiger partial charge on any atom is -0.328 e. The Labute approximate surface area is 209 Å². The van der Waals surface area contributed by atoms with Crippen molar-refractivity contribution in [1.29, 1.82) is 0 Å². The Morgan fingerprint density at radius 2 is 1.69 bits per heavy atom. The first-order chi connectivity index (χ1) is 17.0. The van der Waals surface area contributed by atoms with Gasteiger partial charge in [-0.1, -0.05) is 84.1 Å². The van der Waals surface area contributed by atoms with Crippen LogP contribution in [0.25, 0.3) is 0 Å². The van der Waals surface area contributed by atoms with Crippen LogP contribution < -0.4 is 10.6 Å². The highest BCUT2D eigenvalue weighted by Gasteiger charge is 2.34. The molecule has 2 heterocycles. The topological polar surface area (TPSA) is 71.8 Å². The minimum absolute atomic E-state index is 0.165. The van der Waals surface area contributed by atoms with Crippen LogP contribution in [0, 0.1) is 13.8 Å². The van der Waals surface area contributed by atoms with E-state index in [0.717, 1.165) is 28.3 Å². The van der Waals surface area contributed by atoms with E-state index in [1.165, 1.54) is 11.1 Å². The molecule has 176 valence electrons.